The van der Waals surface area contributed by atoms with Crippen molar-refractivity contribution in [2.45, 2.75) is 65.5 Å². The highest BCUT2D eigenvalue weighted by Crippen LogP contribution is 2.43. The third-order valence-corrected chi connectivity index (χ3v) is 6.87. The molecule has 11 heteroatoms. The molecule has 2 rings (SSSR count). The molecule has 0 aromatic heterocycles. The zero-order valence-corrected chi connectivity index (χ0v) is 24.8. The number of hydrogen-bond acceptors (Lipinski definition) is 9. The Bertz CT molecular complexity index is 1250. The number of fused-ring (bicyclic) bond motifs is 2. The van der Waals surface area contributed by atoms with Gasteiger partial charge < -0.3 is 45.3 Å². The minimum Gasteiger partial charge on any atom is -0.505 e. The molecule has 1 aliphatic rings. The summed E-state index contributed by atoms with van der Waals surface area (Å²) in [6, 6.07) is 1.20. The molecule has 1 heterocycles. The van der Waals surface area contributed by atoms with E-state index in [2.05, 4.69) is 5.32 Å². The number of ether oxygens (including phenoxy) is 4. The lowest BCUT2D eigenvalue weighted by atomic mass is 9.91. The van der Waals surface area contributed by atoms with E-state index in [0.29, 0.717) is 16.7 Å². The normalized spacial score (nSPS) is 24.8. The number of carbonyl (C=O) groups excluding carboxylic acids is 2. The number of carbonyl (C=O) groups is 2. The number of aliphatic hydroxyl groups excluding tert-OH is 1. The molecule has 0 spiro atoms. The lowest BCUT2D eigenvalue weighted by Crippen LogP contribution is -2.36. The number of allylic oxidation sites excluding steroid dienone is 2. The van der Waals surface area contributed by atoms with Crippen LogP contribution in [0.1, 0.15) is 46.6 Å². The van der Waals surface area contributed by atoms with Crippen molar-refractivity contribution in [1.82, 2.24) is 0 Å². The fourth-order valence-electron chi connectivity index (χ4n) is 4.78. The van der Waals surface area contributed by atoms with Crippen LogP contribution in [0.15, 0.2) is 46.6 Å². The van der Waals surface area contributed by atoms with Gasteiger partial charge in [0.25, 0.3) is 5.91 Å². The van der Waals surface area contributed by atoms with E-state index in [1.165, 1.54) is 27.4 Å². The van der Waals surface area contributed by atoms with Gasteiger partial charge >= 0.3 is 6.09 Å². The molecule has 0 saturated carbocycles. The van der Waals surface area contributed by atoms with Gasteiger partial charge in [0.15, 0.2) is 17.6 Å². The summed E-state index contributed by atoms with van der Waals surface area (Å²) in [6.07, 6.45) is 2.55. The zero-order chi connectivity index (χ0) is 31.0. The number of amides is 2. The van der Waals surface area contributed by atoms with E-state index in [1.807, 2.05) is 0 Å². The highest BCUT2D eigenvalue weighted by Gasteiger charge is 2.29. The fourth-order valence-corrected chi connectivity index (χ4v) is 4.78. The SMILES string of the molecule is COc1c(O)cc2c(O)c1C=C(C)C[C@H](OC)[C@H](O)[C@@H](C)C=C(C)[C@H](OC(N)=O)[C@@H](OC)C=C(C)C=C(C)C(=O)N2. The monoisotopic (exact) mass is 574 g/mol. The van der Waals surface area contributed by atoms with Gasteiger partial charge in [-0.1, -0.05) is 30.2 Å². The molecule has 0 aliphatic carbocycles. The van der Waals surface area contributed by atoms with Gasteiger partial charge in [-0.05, 0) is 51.8 Å². The Balaban J connectivity index is 2.77. The maximum absolute atomic E-state index is 13.0. The van der Waals surface area contributed by atoms with Gasteiger partial charge in [-0.3, -0.25) is 4.79 Å². The van der Waals surface area contributed by atoms with Gasteiger partial charge in [0.1, 0.15) is 11.9 Å². The van der Waals surface area contributed by atoms with Crippen LogP contribution in [0.2, 0.25) is 0 Å². The molecule has 11 nitrogen and oxygen atoms in total. The topological polar surface area (TPSA) is 170 Å². The van der Waals surface area contributed by atoms with Gasteiger partial charge in [-0.25, -0.2) is 4.79 Å². The van der Waals surface area contributed by atoms with Crippen molar-refractivity contribution >= 4 is 23.8 Å². The van der Waals surface area contributed by atoms with Gasteiger partial charge in [0.05, 0.1) is 30.6 Å². The standard InChI is InChI=1S/C30H42N2O9/c1-15-9-19(5)29(36)32-21-14-22(33)28(40-8)20(26(21)35)10-16(2)11-23(38-6)25(34)17(3)13-18(4)27(41-30(31)37)24(12-15)39-7/h9-10,12-14,17,23-25,27,33-35H,11H2,1-8H3,(H2,31,37)(H,32,36)/t17-,23-,24-,25+,27-/m0/s1. The summed E-state index contributed by atoms with van der Waals surface area (Å²) >= 11 is 0. The molecule has 0 unspecified atom stereocenters. The van der Waals surface area contributed by atoms with Crippen LogP contribution in [0.5, 0.6) is 17.2 Å². The van der Waals surface area contributed by atoms with E-state index in [1.54, 1.807) is 58.9 Å². The van der Waals surface area contributed by atoms with Crippen LogP contribution in [0.4, 0.5) is 10.5 Å². The number of primary amides is 1. The molecule has 0 radical (unpaired) electrons. The second-order valence-electron chi connectivity index (χ2n) is 10.2. The van der Waals surface area contributed by atoms with Crippen molar-refractivity contribution in [3.05, 3.63) is 52.2 Å². The van der Waals surface area contributed by atoms with Crippen LogP contribution in [0.25, 0.3) is 6.08 Å². The number of aromatic hydroxyl groups is 2. The number of benzene rings is 1. The first-order valence-corrected chi connectivity index (χ1v) is 13.1. The first-order chi connectivity index (χ1) is 19.2. The molecular formula is C30H42N2O9. The number of phenolic OH excluding ortho intramolecular Hbond substituents is 2. The summed E-state index contributed by atoms with van der Waals surface area (Å²) < 4.78 is 22.0. The Morgan fingerprint density at radius 2 is 1.71 bits per heavy atom. The maximum Gasteiger partial charge on any atom is 0.405 e. The minimum absolute atomic E-state index is 0.0179. The number of nitrogens with two attached hydrogens (primary N) is 1. The lowest BCUT2D eigenvalue weighted by molar-refractivity contribution is -0.112. The molecule has 6 N–H and O–H groups in total. The summed E-state index contributed by atoms with van der Waals surface area (Å²) in [6.45, 7) is 8.63. The average molecular weight is 575 g/mol. The second-order valence-corrected chi connectivity index (χ2v) is 10.2. The van der Waals surface area contributed by atoms with Crippen LogP contribution in [-0.4, -0.2) is 73.1 Å². The van der Waals surface area contributed by atoms with Crippen molar-refractivity contribution < 1.29 is 43.9 Å². The van der Waals surface area contributed by atoms with Crippen molar-refractivity contribution in [3.8, 4) is 17.2 Å². The second kappa shape index (κ2) is 14.7. The Labute approximate surface area is 240 Å². The summed E-state index contributed by atoms with van der Waals surface area (Å²) in [5.41, 5.74) is 7.66. The number of methoxy groups -OCH3 is 3. The minimum atomic E-state index is -0.996. The average Bonchev–Trinajstić information content (AvgIpc) is 2.90. The molecule has 1 aromatic rings. The maximum atomic E-state index is 13.0. The Hall–Kier alpha value is -3.80. The molecule has 2 amide bonds. The molecule has 0 saturated heterocycles. The Kier molecular flexibility index (Phi) is 12.0. The molecule has 2 bridgehead atoms. The van der Waals surface area contributed by atoms with E-state index in [-0.39, 0.29) is 40.5 Å². The van der Waals surface area contributed by atoms with Gasteiger partial charge in [-0.15, -0.1) is 0 Å². The van der Waals surface area contributed by atoms with Crippen molar-refractivity contribution in [2.24, 2.45) is 11.7 Å². The summed E-state index contributed by atoms with van der Waals surface area (Å²) in [5, 5.41) is 35.5. The van der Waals surface area contributed by atoms with Gasteiger partial charge in [0, 0.05) is 31.8 Å². The number of aliphatic hydroxyl groups is 1. The van der Waals surface area contributed by atoms with Crippen LogP contribution in [0.3, 0.4) is 0 Å². The number of nitrogens with one attached hydrogen (secondary N) is 1. The van der Waals surface area contributed by atoms with Gasteiger partial charge in [-0.2, -0.15) is 0 Å². The van der Waals surface area contributed by atoms with Crippen LogP contribution >= 0.6 is 0 Å². The van der Waals surface area contributed by atoms with E-state index in [4.69, 9.17) is 24.7 Å². The molecule has 1 aliphatic heterocycles. The third kappa shape index (κ3) is 8.59. The van der Waals surface area contributed by atoms with Gasteiger partial charge in [0.2, 0.25) is 0 Å². The van der Waals surface area contributed by atoms with Crippen molar-refractivity contribution in [2.75, 3.05) is 26.6 Å². The predicted molar refractivity (Wildman–Crippen MR) is 156 cm³/mol. The molecule has 41 heavy (non-hydrogen) atoms. The Morgan fingerprint density at radius 1 is 1.05 bits per heavy atom. The molecule has 1 aromatic carbocycles. The number of anilines is 1. The number of rotatable bonds is 4. The van der Waals surface area contributed by atoms with E-state index in [9.17, 15) is 24.9 Å². The van der Waals surface area contributed by atoms with Crippen molar-refractivity contribution in [3.63, 3.8) is 0 Å². The first kappa shape index (κ1) is 33.4. The van der Waals surface area contributed by atoms with Crippen molar-refractivity contribution in [1.29, 1.82) is 0 Å². The van der Waals surface area contributed by atoms with Crippen LogP contribution < -0.4 is 15.8 Å². The van der Waals surface area contributed by atoms with E-state index in [0.717, 1.165) is 0 Å². The number of hydrogen-bond donors (Lipinski definition) is 5. The van der Waals surface area contributed by atoms with Crippen LogP contribution in [0, 0.1) is 5.92 Å². The molecule has 226 valence electrons. The molecule has 5 atom stereocenters. The third-order valence-electron chi connectivity index (χ3n) is 6.87. The lowest BCUT2D eigenvalue weighted by Gasteiger charge is -2.28. The largest absolute Gasteiger partial charge is 0.505 e. The summed E-state index contributed by atoms with van der Waals surface area (Å²) in [5.74, 6) is -1.56. The number of phenols is 2. The fraction of sp³-hybridized carbons (Fsp3) is 0.467. The first-order valence-electron chi connectivity index (χ1n) is 13.1. The summed E-state index contributed by atoms with van der Waals surface area (Å²) in [4.78, 5) is 24.8. The van der Waals surface area contributed by atoms with Crippen LogP contribution in [-0.2, 0) is 19.0 Å². The highest BCUT2D eigenvalue weighted by molar-refractivity contribution is 6.05. The summed E-state index contributed by atoms with van der Waals surface area (Å²) in [7, 11) is 4.27. The highest BCUT2D eigenvalue weighted by atomic mass is 16.6. The predicted octanol–water partition coefficient (Wildman–Crippen LogP) is 4.18. The smallest absolute Gasteiger partial charge is 0.405 e. The molecular weight excluding hydrogens is 532 g/mol. The zero-order valence-electron chi connectivity index (χ0n) is 24.8. The Morgan fingerprint density at radius 3 is 2.27 bits per heavy atom. The van der Waals surface area contributed by atoms with E-state index >= 15 is 0 Å². The quantitative estimate of drug-likeness (QED) is 0.201. The molecule has 0 fully saturated rings. The van der Waals surface area contributed by atoms with E-state index < -0.39 is 42.3 Å².